The lowest BCUT2D eigenvalue weighted by molar-refractivity contribution is -0.254. The van der Waals surface area contributed by atoms with Crippen molar-refractivity contribution in [2.45, 2.75) is 44.0 Å². The molecular formula is C16H24N2O7. The summed E-state index contributed by atoms with van der Waals surface area (Å²) in [4.78, 5) is 12.0. The molecule has 7 N–H and O–H groups in total. The molecule has 1 aliphatic rings. The minimum Gasteiger partial charge on any atom is -0.507 e. The smallest absolute Gasteiger partial charge is 0.342 e. The van der Waals surface area contributed by atoms with Gasteiger partial charge in [0.25, 0.3) is 0 Å². The second-order valence-corrected chi connectivity index (χ2v) is 5.90. The predicted octanol–water partition coefficient (Wildman–Crippen LogP) is -1.06. The molecule has 9 heteroatoms. The Morgan fingerprint density at radius 2 is 2.04 bits per heavy atom. The fourth-order valence-corrected chi connectivity index (χ4v) is 2.57. The Labute approximate surface area is 145 Å². The average molecular weight is 356 g/mol. The molecular weight excluding hydrogens is 332 g/mol. The van der Waals surface area contributed by atoms with Gasteiger partial charge in [0.05, 0.1) is 6.04 Å². The number of carbonyl (C=O) groups excluding carboxylic acids is 1. The summed E-state index contributed by atoms with van der Waals surface area (Å²) < 4.78 is 10.2. The van der Waals surface area contributed by atoms with Gasteiger partial charge in [0.1, 0.15) is 36.2 Å². The third-order valence-corrected chi connectivity index (χ3v) is 3.97. The standard InChI is InChI=1S/C16H24N2O7/c1-2-5-18-12-14(21)13(20)11(25-16(12)23)7-24-15(22)9-6-8(17)3-4-10(9)19/h3-4,6,11-14,16,18-21,23H,2,5,7,17H2,1H3/t11?,12?,13-,14+,16-/m1/s1. The van der Waals surface area contributed by atoms with E-state index >= 15 is 0 Å². The Hall–Kier alpha value is -1.91. The maximum absolute atomic E-state index is 12.0. The quantitative estimate of drug-likeness (QED) is 0.212. The number of phenolic OH excluding ortho intramolecular Hbond substituents is 1. The molecule has 0 amide bonds. The SMILES string of the molecule is CCCNC1[C@H](O)OC(COC(=O)c2cc(N)ccc2O)[C@@H](O)[C@H]1O. The Kier molecular flexibility index (Phi) is 6.57. The van der Waals surface area contributed by atoms with Gasteiger partial charge in [-0.15, -0.1) is 0 Å². The molecule has 0 saturated carbocycles. The third kappa shape index (κ3) is 4.59. The molecule has 5 atom stereocenters. The number of benzene rings is 1. The zero-order valence-corrected chi connectivity index (χ0v) is 13.8. The van der Waals surface area contributed by atoms with Crippen molar-refractivity contribution in [1.29, 1.82) is 0 Å². The van der Waals surface area contributed by atoms with Crippen molar-refractivity contribution in [3.63, 3.8) is 0 Å². The molecule has 0 spiro atoms. The number of phenols is 1. The topological polar surface area (TPSA) is 154 Å². The Morgan fingerprint density at radius 3 is 2.72 bits per heavy atom. The van der Waals surface area contributed by atoms with E-state index in [-0.39, 0.29) is 17.0 Å². The van der Waals surface area contributed by atoms with E-state index in [0.29, 0.717) is 6.54 Å². The van der Waals surface area contributed by atoms with Crippen LogP contribution in [0.25, 0.3) is 0 Å². The van der Waals surface area contributed by atoms with Gasteiger partial charge in [0.2, 0.25) is 0 Å². The molecule has 1 aliphatic heterocycles. The van der Waals surface area contributed by atoms with Gasteiger partial charge in [-0.3, -0.25) is 0 Å². The second kappa shape index (κ2) is 8.45. The number of ether oxygens (including phenoxy) is 2. The van der Waals surface area contributed by atoms with Crippen LogP contribution in [0.2, 0.25) is 0 Å². The molecule has 0 bridgehead atoms. The summed E-state index contributed by atoms with van der Waals surface area (Å²) in [7, 11) is 0. The number of nitrogens with two attached hydrogens (primary N) is 1. The van der Waals surface area contributed by atoms with Crippen molar-refractivity contribution in [2.75, 3.05) is 18.9 Å². The van der Waals surface area contributed by atoms with E-state index in [1.807, 2.05) is 6.92 Å². The summed E-state index contributed by atoms with van der Waals surface area (Å²) in [6, 6.07) is 3.09. The van der Waals surface area contributed by atoms with E-state index in [9.17, 15) is 25.2 Å². The zero-order chi connectivity index (χ0) is 18.6. The highest BCUT2D eigenvalue weighted by molar-refractivity contribution is 5.93. The number of hydrogen-bond donors (Lipinski definition) is 6. The molecule has 0 radical (unpaired) electrons. The van der Waals surface area contributed by atoms with E-state index in [2.05, 4.69) is 5.32 Å². The summed E-state index contributed by atoms with van der Waals surface area (Å²) in [5.74, 6) is -1.16. The molecule has 1 heterocycles. The molecule has 140 valence electrons. The summed E-state index contributed by atoms with van der Waals surface area (Å²) in [5, 5.41) is 42.8. The van der Waals surface area contributed by atoms with Gasteiger partial charge in [-0.25, -0.2) is 4.79 Å². The van der Waals surface area contributed by atoms with E-state index in [1.165, 1.54) is 18.2 Å². The zero-order valence-electron chi connectivity index (χ0n) is 13.8. The number of rotatable bonds is 6. The van der Waals surface area contributed by atoms with Crippen LogP contribution in [0, 0.1) is 0 Å². The van der Waals surface area contributed by atoms with Crippen LogP contribution >= 0.6 is 0 Å². The highest BCUT2D eigenvalue weighted by atomic mass is 16.6. The number of nitrogens with one attached hydrogen (secondary N) is 1. The monoisotopic (exact) mass is 356 g/mol. The van der Waals surface area contributed by atoms with E-state index in [1.54, 1.807) is 0 Å². The molecule has 1 fully saturated rings. The summed E-state index contributed by atoms with van der Waals surface area (Å²) in [5.41, 5.74) is 5.70. The fourth-order valence-electron chi connectivity index (χ4n) is 2.57. The maximum atomic E-state index is 12.0. The van der Waals surface area contributed by atoms with Crippen LogP contribution in [-0.4, -0.2) is 70.2 Å². The molecule has 9 nitrogen and oxygen atoms in total. The predicted molar refractivity (Wildman–Crippen MR) is 87.8 cm³/mol. The minimum atomic E-state index is -1.37. The van der Waals surface area contributed by atoms with Crippen molar-refractivity contribution in [2.24, 2.45) is 0 Å². The van der Waals surface area contributed by atoms with Crippen LogP contribution in [0.4, 0.5) is 5.69 Å². The number of aliphatic hydroxyl groups excluding tert-OH is 3. The van der Waals surface area contributed by atoms with Gasteiger partial charge in [0, 0.05) is 5.69 Å². The van der Waals surface area contributed by atoms with Crippen molar-refractivity contribution >= 4 is 11.7 Å². The number of anilines is 1. The first-order valence-electron chi connectivity index (χ1n) is 8.03. The van der Waals surface area contributed by atoms with E-state index < -0.39 is 43.2 Å². The van der Waals surface area contributed by atoms with Crippen molar-refractivity contribution in [3.05, 3.63) is 23.8 Å². The number of hydrogen-bond acceptors (Lipinski definition) is 9. The first-order valence-corrected chi connectivity index (χ1v) is 8.03. The molecule has 0 aliphatic carbocycles. The minimum absolute atomic E-state index is 0.131. The average Bonchev–Trinajstić information content (AvgIpc) is 2.58. The van der Waals surface area contributed by atoms with Gasteiger partial charge in [-0.2, -0.15) is 0 Å². The van der Waals surface area contributed by atoms with Crippen molar-refractivity contribution < 1.29 is 34.7 Å². The second-order valence-electron chi connectivity index (χ2n) is 5.90. The molecule has 2 unspecified atom stereocenters. The number of aromatic hydroxyl groups is 1. The number of aliphatic hydroxyl groups is 3. The van der Waals surface area contributed by atoms with Gasteiger partial charge in [-0.1, -0.05) is 6.92 Å². The summed E-state index contributed by atoms with van der Waals surface area (Å²) >= 11 is 0. The van der Waals surface area contributed by atoms with E-state index in [4.69, 9.17) is 15.2 Å². The lowest BCUT2D eigenvalue weighted by atomic mass is 9.97. The summed E-state index contributed by atoms with van der Waals surface area (Å²) in [6.07, 6.45) is -4.36. The van der Waals surface area contributed by atoms with Gasteiger partial charge in [-0.05, 0) is 31.2 Å². The molecule has 0 aromatic heterocycles. The van der Waals surface area contributed by atoms with Crippen LogP contribution in [0.5, 0.6) is 5.75 Å². The van der Waals surface area contributed by atoms with Crippen LogP contribution < -0.4 is 11.1 Å². The van der Waals surface area contributed by atoms with E-state index in [0.717, 1.165) is 6.42 Å². The highest BCUT2D eigenvalue weighted by Crippen LogP contribution is 2.23. The third-order valence-electron chi connectivity index (χ3n) is 3.97. The number of carbonyl (C=O) groups is 1. The normalized spacial score (nSPS) is 29.4. The number of esters is 1. The molecule has 1 aromatic rings. The first-order chi connectivity index (χ1) is 11.8. The van der Waals surface area contributed by atoms with Gasteiger partial charge < -0.3 is 41.0 Å². The van der Waals surface area contributed by atoms with Crippen LogP contribution in [0.3, 0.4) is 0 Å². The molecule has 1 saturated heterocycles. The van der Waals surface area contributed by atoms with Crippen LogP contribution in [0.1, 0.15) is 23.7 Å². The Balaban J connectivity index is 1.96. The molecule has 2 rings (SSSR count). The van der Waals surface area contributed by atoms with Gasteiger partial charge in [0.15, 0.2) is 6.29 Å². The highest BCUT2D eigenvalue weighted by Gasteiger charge is 2.44. The molecule has 1 aromatic carbocycles. The Bertz CT molecular complexity index is 598. The Morgan fingerprint density at radius 1 is 1.32 bits per heavy atom. The number of nitrogen functional groups attached to an aromatic ring is 1. The maximum Gasteiger partial charge on any atom is 0.342 e. The lowest BCUT2D eigenvalue weighted by Crippen LogP contribution is -2.63. The fraction of sp³-hybridized carbons (Fsp3) is 0.562. The lowest BCUT2D eigenvalue weighted by Gasteiger charge is -2.40. The summed E-state index contributed by atoms with van der Waals surface area (Å²) in [6.45, 7) is 2.03. The largest absolute Gasteiger partial charge is 0.507 e. The molecule has 25 heavy (non-hydrogen) atoms. The van der Waals surface area contributed by atoms with Crippen LogP contribution in [-0.2, 0) is 9.47 Å². The van der Waals surface area contributed by atoms with Crippen molar-refractivity contribution in [1.82, 2.24) is 5.32 Å². The van der Waals surface area contributed by atoms with Crippen LogP contribution in [0.15, 0.2) is 18.2 Å². The van der Waals surface area contributed by atoms with Gasteiger partial charge >= 0.3 is 5.97 Å². The first kappa shape index (κ1) is 19.4. The van der Waals surface area contributed by atoms with Crippen molar-refractivity contribution in [3.8, 4) is 5.75 Å².